The molecule has 0 spiro atoms. The van der Waals surface area contributed by atoms with E-state index in [-0.39, 0.29) is 36.6 Å². The van der Waals surface area contributed by atoms with E-state index in [4.69, 9.17) is 15.2 Å². The highest BCUT2D eigenvalue weighted by molar-refractivity contribution is 5.68. The molecule has 0 heterocycles. The third kappa shape index (κ3) is 9.33. The Balaban J connectivity index is 2.91. The van der Waals surface area contributed by atoms with Crippen molar-refractivity contribution >= 4 is 6.09 Å². The number of amides is 1. The second-order valence-electron chi connectivity index (χ2n) is 8.75. The number of nitrogens with two attached hydrogens (primary N) is 1. The van der Waals surface area contributed by atoms with Gasteiger partial charge in [0.1, 0.15) is 18.5 Å². The zero-order chi connectivity index (χ0) is 25.0. The molecular formula is C28H42N2O3. The second kappa shape index (κ2) is 14.4. The predicted molar refractivity (Wildman–Crippen MR) is 138 cm³/mol. The van der Waals surface area contributed by atoms with Crippen LogP contribution in [0.25, 0.3) is 0 Å². The molecule has 0 bridgehead atoms. The van der Waals surface area contributed by atoms with Gasteiger partial charge in [0.2, 0.25) is 0 Å². The Hall–Kier alpha value is -2.75. The molecule has 0 aliphatic heterocycles. The molecule has 4 atom stereocenters. The van der Waals surface area contributed by atoms with E-state index >= 15 is 0 Å². The molecule has 0 radical (unpaired) electrons. The summed E-state index contributed by atoms with van der Waals surface area (Å²) in [5.41, 5.74) is 11.6. The first kappa shape index (κ1) is 28.3. The number of carbonyl (C=O) groups excluding carboxylic acids is 1. The van der Waals surface area contributed by atoms with Crippen LogP contribution >= 0.6 is 0 Å². The van der Waals surface area contributed by atoms with E-state index < -0.39 is 6.10 Å². The molecule has 0 aromatic heterocycles. The topological polar surface area (TPSA) is 64.8 Å². The molecule has 2 N–H and O–H groups in total. The summed E-state index contributed by atoms with van der Waals surface area (Å²) in [6, 6.07) is -0.366. The van der Waals surface area contributed by atoms with E-state index in [1.165, 1.54) is 5.57 Å². The van der Waals surface area contributed by atoms with Gasteiger partial charge in [-0.3, -0.25) is 0 Å². The highest BCUT2D eigenvalue weighted by Crippen LogP contribution is 2.25. The average molecular weight is 455 g/mol. The second-order valence-corrected chi connectivity index (χ2v) is 8.75. The number of rotatable bonds is 11. The first-order valence-corrected chi connectivity index (χ1v) is 11.7. The SMILES string of the molecule is C=CC=C=CC1C=C(C(C)N(CC)C(=O)OC(C)COC(=C)C(N)C(C)C)CC=C/C=C\1C. The van der Waals surface area contributed by atoms with Crippen molar-refractivity contribution in [2.24, 2.45) is 17.6 Å². The van der Waals surface area contributed by atoms with Crippen molar-refractivity contribution in [1.29, 1.82) is 0 Å². The Morgan fingerprint density at radius 2 is 2.06 bits per heavy atom. The number of carbonyl (C=O) groups is 1. The molecule has 1 amide bonds. The maximum atomic E-state index is 13.0. The van der Waals surface area contributed by atoms with E-state index in [2.05, 4.69) is 50.1 Å². The van der Waals surface area contributed by atoms with Crippen LogP contribution in [0.4, 0.5) is 4.79 Å². The smallest absolute Gasteiger partial charge is 0.410 e. The molecular weight excluding hydrogens is 412 g/mol. The Kier molecular flexibility index (Phi) is 12.3. The minimum Gasteiger partial charge on any atom is -0.493 e. The van der Waals surface area contributed by atoms with Crippen molar-refractivity contribution in [2.45, 2.75) is 66.2 Å². The number of allylic oxidation sites excluding steroid dienone is 7. The Bertz CT molecular complexity index is 828. The van der Waals surface area contributed by atoms with Gasteiger partial charge in [-0.05, 0) is 57.8 Å². The molecule has 33 heavy (non-hydrogen) atoms. The standard InChI is InChI=1S/C28H42N2O3/c1-9-11-12-16-25-18-26(17-14-13-15-21(25)5)23(7)30(10-2)28(31)33-22(6)19-32-24(8)27(29)20(3)4/h9,11,13-16,18,20,22-23,25,27H,1,8,10,17,19,29H2,2-7H3/b14-13?,21-15-,26-18?. The van der Waals surface area contributed by atoms with E-state index in [0.717, 1.165) is 12.0 Å². The van der Waals surface area contributed by atoms with Gasteiger partial charge >= 0.3 is 6.09 Å². The van der Waals surface area contributed by atoms with Crippen molar-refractivity contribution in [3.63, 3.8) is 0 Å². The highest BCUT2D eigenvalue weighted by atomic mass is 16.6. The van der Waals surface area contributed by atoms with Crippen molar-refractivity contribution in [1.82, 2.24) is 4.90 Å². The third-order valence-corrected chi connectivity index (χ3v) is 5.73. The van der Waals surface area contributed by atoms with Crippen LogP contribution in [0.2, 0.25) is 0 Å². The number of likely N-dealkylation sites (N-methyl/N-ethyl adjacent to an activating group) is 1. The predicted octanol–water partition coefficient (Wildman–Crippen LogP) is 6.08. The lowest BCUT2D eigenvalue weighted by Crippen LogP contribution is -2.42. The Labute approximate surface area is 200 Å². The van der Waals surface area contributed by atoms with Gasteiger partial charge in [0, 0.05) is 12.5 Å². The van der Waals surface area contributed by atoms with Gasteiger partial charge in [-0.15, -0.1) is 5.73 Å². The molecule has 0 fully saturated rings. The summed E-state index contributed by atoms with van der Waals surface area (Å²) >= 11 is 0. The zero-order valence-corrected chi connectivity index (χ0v) is 21.2. The number of nitrogens with zero attached hydrogens (tertiary/aromatic N) is 1. The van der Waals surface area contributed by atoms with Gasteiger partial charge < -0.3 is 20.1 Å². The number of hydrogen-bond acceptors (Lipinski definition) is 4. The number of ether oxygens (including phenoxy) is 2. The summed E-state index contributed by atoms with van der Waals surface area (Å²) in [5, 5.41) is 0. The van der Waals surface area contributed by atoms with Gasteiger partial charge in [0.05, 0.1) is 12.1 Å². The third-order valence-electron chi connectivity index (χ3n) is 5.73. The average Bonchev–Trinajstić information content (AvgIpc) is 2.76. The van der Waals surface area contributed by atoms with Crippen LogP contribution in [0, 0.1) is 11.8 Å². The number of hydrogen-bond donors (Lipinski definition) is 1. The fourth-order valence-corrected chi connectivity index (χ4v) is 3.41. The van der Waals surface area contributed by atoms with Crippen molar-refractivity contribution in [3.8, 4) is 0 Å². The lowest BCUT2D eigenvalue weighted by molar-refractivity contribution is 0.0256. The van der Waals surface area contributed by atoms with Crippen LogP contribution in [0.15, 0.2) is 78.3 Å². The maximum Gasteiger partial charge on any atom is 0.410 e. The molecule has 0 saturated carbocycles. The Morgan fingerprint density at radius 3 is 2.67 bits per heavy atom. The quantitative estimate of drug-likeness (QED) is 0.178. The van der Waals surface area contributed by atoms with Gasteiger partial charge in [-0.1, -0.05) is 63.0 Å². The molecule has 0 aromatic carbocycles. The summed E-state index contributed by atoms with van der Waals surface area (Å²) in [5.74, 6) is 0.831. The monoisotopic (exact) mass is 454 g/mol. The van der Waals surface area contributed by atoms with Crippen molar-refractivity contribution in [2.75, 3.05) is 13.2 Å². The summed E-state index contributed by atoms with van der Waals surface area (Å²) in [4.78, 5) is 14.7. The first-order valence-electron chi connectivity index (χ1n) is 11.7. The van der Waals surface area contributed by atoms with Crippen LogP contribution in [0.5, 0.6) is 0 Å². The van der Waals surface area contributed by atoms with Gasteiger partial charge in [0.15, 0.2) is 0 Å². The van der Waals surface area contributed by atoms with Crippen LogP contribution in [0.3, 0.4) is 0 Å². The summed E-state index contributed by atoms with van der Waals surface area (Å²) < 4.78 is 11.3. The van der Waals surface area contributed by atoms with E-state index in [1.807, 2.05) is 40.7 Å². The van der Waals surface area contributed by atoms with Crippen LogP contribution < -0.4 is 5.73 Å². The van der Waals surface area contributed by atoms with E-state index in [9.17, 15) is 4.79 Å². The molecule has 1 aliphatic rings. The first-order chi connectivity index (χ1) is 15.6. The Morgan fingerprint density at radius 1 is 1.36 bits per heavy atom. The fraction of sp³-hybridized carbons (Fsp3) is 0.500. The van der Waals surface area contributed by atoms with Gasteiger partial charge in [-0.2, -0.15) is 0 Å². The lowest BCUT2D eigenvalue weighted by Gasteiger charge is -2.31. The summed E-state index contributed by atoms with van der Waals surface area (Å²) in [7, 11) is 0. The summed E-state index contributed by atoms with van der Waals surface area (Å²) in [6.45, 7) is 20.3. The maximum absolute atomic E-state index is 13.0. The molecule has 182 valence electrons. The van der Waals surface area contributed by atoms with Crippen LogP contribution in [-0.2, 0) is 9.47 Å². The molecule has 1 rings (SSSR count). The van der Waals surface area contributed by atoms with Crippen LogP contribution in [0.1, 0.15) is 48.0 Å². The van der Waals surface area contributed by atoms with E-state index in [0.29, 0.717) is 12.3 Å². The highest BCUT2D eigenvalue weighted by Gasteiger charge is 2.25. The molecule has 1 aliphatic carbocycles. The van der Waals surface area contributed by atoms with Crippen molar-refractivity contribution < 1.29 is 14.3 Å². The minimum atomic E-state index is -0.425. The fourth-order valence-electron chi connectivity index (χ4n) is 3.41. The molecule has 4 unspecified atom stereocenters. The normalized spacial score (nSPS) is 19.9. The lowest BCUT2D eigenvalue weighted by atomic mass is 9.91. The molecule has 5 nitrogen and oxygen atoms in total. The molecule has 0 saturated heterocycles. The summed E-state index contributed by atoms with van der Waals surface area (Å²) in [6.07, 6.45) is 14.0. The van der Waals surface area contributed by atoms with Crippen molar-refractivity contribution in [3.05, 3.63) is 78.3 Å². The molecule has 0 aromatic rings. The van der Waals surface area contributed by atoms with E-state index in [1.54, 1.807) is 17.1 Å². The van der Waals surface area contributed by atoms with Gasteiger partial charge in [0.25, 0.3) is 0 Å². The minimum absolute atomic E-state index is 0.0989. The van der Waals surface area contributed by atoms with Crippen LogP contribution in [-0.4, -0.2) is 42.3 Å². The molecule has 5 heteroatoms. The van der Waals surface area contributed by atoms with Gasteiger partial charge in [-0.25, -0.2) is 4.79 Å². The zero-order valence-electron chi connectivity index (χ0n) is 21.2. The largest absolute Gasteiger partial charge is 0.493 e.